The summed E-state index contributed by atoms with van der Waals surface area (Å²) in [5.41, 5.74) is -0.691. The number of aliphatic hydroxyl groups is 1. The Hall–Kier alpha value is 0.401. The molecule has 1 fully saturated rings. The zero-order valence-electron chi connectivity index (χ0n) is 9.48. The maximum atomic E-state index is 12.3. The van der Waals surface area contributed by atoms with Gasteiger partial charge in [-0.2, -0.15) is 0 Å². The van der Waals surface area contributed by atoms with E-state index in [0.717, 1.165) is 12.3 Å². The van der Waals surface area contributed by atoms with E-state index in [4.69, 9.17) is 0 Å². The maximum absolute atomic E-state index is 12.3. The molecule has 1 aliphatic rings. The van der Waals surface area contributed by atoms with E-state index >= 15 is 0 Å². The van der Waals surface area contributed by atoms with E-state index in [9.17, 15) is 18.1 Å². The molecule has 2 rings (SSSR count). The normalized spacial score (nSPS) is 20.2. The molecule has 0 aliphatic carbocycles. The van der Waals surface area contributed by atoms with Crippen molar-refractivity contribution in [3.05, 3.63) is 18.3 Å². The van der Waals surface area contributed by atoms with Crippen LogP contribution in [-0.2, 0) is 0 Å². The Labute approximate surface area is 140 Å². The van der Waals surface area contributed by atoms with Crippen LogP contribution in [0.25, 0.3) is 0 Å². The standard InChI is InChI=1S/C9H11BF3N2O.K/c11-10(12,13)7-1-2-9(14-5-7)15-4-3-8(16)6-15;/h1-2,5,8,16H,3-4,6H2;/q-1;+1/t8-;/m1./s1. The second kappa shape index (κ2) is 6.03. The monoisotopic (exact) mass is 270 g/mol. The Bertz CT molecular complexity index is 373. The van der Waals surface area contributed by atoms with E-state index < -0.39 is 18.5 Å². The predicted octanol–water partition coefficient (Wildman–Crippen LogP) is -2.29. The van der Waals surface area contributed by atoms with Gasteiger partial charge in [0.25, 0.3) is 0 Å². The Kier molecular flexibility index (Phi) is 5.48. The number of β-amino-alcohol motifs (C(OH)–C–C–N with tert-alkyl or cyclic N) is 1. The van der Waals surface area contributed by atoms with Crippen molar-refractivity contribution in [2.24, 2.45) is 0 Å². The quantitative estimate of drug-likeness (QED) is 0.615. The van der Waals surface area contributed by atoms with Gasteiger partial charge in [-0.25, -0.2) is 4.98 Å². The fraction of sp³-hybridized carbons (Fsp3) is 0.444. The number of halogens is 3. The topological polar surface area (TPSA) is 36.4 Å². The van der Waals surface area contributed by atoms with E-state index in [0.29, 0.717) is 25.3 Å². The number of nitrogens with zero attached hydrogens (tertiary/aromatic N) is 2. The molecule has 1 aliphatic heterocycles. The molecule has 88 valence electrons. The number of aromatic nitrogens is 1. The molecular formula is C9H11BF3KN2O. The molecule has 2 heterocycles. The fourth-order valence-corrected chi connectivity index (χ4v) is 1.73. The van der Waals surface area contributed by atoms with E-state index in [1.165, 1.54) is 6.07 Å². The molecule has 1 atom stereocenters. The first-order valence-corrected chi connectivity index (χ1v) is 5.06. The number of hydrogen-bond acceptors (Lipinski definition) is 3. The second-order valence-corrected chi connectivity index (χ2v) is 3.91. The van der Waals surface area contributed by atoms with Crippen LogP contribution in [0.15, 0.2) is 18.3 Å². The Morgan fingerprint density at radius 1 is 1.35 bits per heavy atom. The third-order valence-electron chi connectivity index (χ3n) is 2.64. The molecule has 0 unspecified atom stereocenters. The minimum atomic E-state index is -4.98. The van der Waals surface area contributed by atoms with Crippen molar-refractivity contribution in [3.63, 3.8) is 0 Å². The average molecular weight is 270 g/mol. The maximum Gasteiger partial charge on any atom is 1.00 e. The van der Waals surface area contributed by atoms with E-state index in [-0.39, 0.29) is 51.4 Å². The molecular weight excluding hydrogens is 259 g/mol. The molecule has 1 aromatic heterocycles. The molecule has 1 saturated heterocycles. The Morgan fingerprint density at radius 3 is 2.47 bits per heavy atom. The summed E-state index contributed by atoms with van der Waals surface area (Å²) in [6, 6.07) is 2.38. The average Bonchev–Trinajstić information content (AvgIpc) is 2.64. The molecule has 17 heavy (non-hydrogen) atoms. The van der Waals surface area contributed by atoms with Crippen LogP contribution in [0.4, 0.5) is 18.8 Å². The van der Waals surface area contributed by atoms with Gasteiger partial charge in [0.05, 0.1) is 6.10 Å². The first-order chi connectivity index (χ1) is 7.47. The van der Waals surface area contributed by atoms with E-state index in [2.05, 4.69) is 4.98 Å². The van der Waals surface area contributed by atoms with Gasteiger partial charge in [-0.1, -0.05) is 11.5 Å². The Morgan fingerprint density at radius 2 is 2.06 bits per heavy atom. The van der Waals surface area contributed by atoms with Crippen LogP contribution >= 0.6 is 0 Å². The number of anilines is 1. The molecule has 1 aromatic rings. The third kappa shape index (κ3) is 3.94. The van der Waals surface area contributed by atoms with Gasteiger partial charge >= 0.3 is 58.4 Å². The summed E-state index contributed by atoms with van der Waals surface area (Å²) in [5.74, 6) is 0.486. The molecule has 3 nitrogen and oxygen atoms in total. The number of aliphatic hydroxyl groups excluding tert-OH is 1. The molecule has 8 heteroatoms. The first-order valence-electron chi connectivity index (χ1n) is 5.06. The van der Waals surface area contributed by atoms with Gasteiger partial charge in [0.2, 0.25) is 0 Å². The number of hydrogen-bond donors (Lipinski definition) is 1. The smallest absolute Gasteiger partial charge is 0.445 e. The molecule has 0 radical (unpaired) electrons. The largest absolute Gasteiger partial charge is 1.00 e. The molecule has 0 saturated carbocycles. The van der Waals surface area contributed by atoms with Crippen molar-refractivity contribution in [1.29, 1.82) is 0 Å². The van der Waals surface area contributed by atoms with Gasteiger partial charge in [-0.15, -0.1) is 0 Å². The molecule has 0 bridgehead atoms. The summed E-state index contributed by atoms with van der Waals surface area (Å²) < 4.78 is 37.0. The fourth-order valence-electron chi connectivity index (χ4n) is 1.73. The summed E-state index contributed by atoms with van der Waals surface area (Å²) in [5, 5.41) is 9.30. The minimum absolute atomic E-state index is 0. The van der Waals surface area contributed by atoms with E-state index in [1.807, 2.05) is 0 Å². The summed E-state index contributed by atoms with van der Waals surface area (Å²) in [6.45, 7) is -3.91. The van der Waals surface area contributed by atoms with Crippen LogP contribution in [0.2, 0.25) is 0 Å². The first kappa shape index (κ1) is 15.5. The summed E-state index contributed by atoms with van der Waals surface area (Å²) in [6.07, 6.45) is 1.07. The van der Waals surface area contributed by atoms with Crippen molar-refractivity contribution in [2.75, 3.05) is 18.0 Å². The molecule has 0 spiro atoms. The van der Waals surface area contributed by atoms with Crippen molar-refractivity contribution < 1.29 is 69.4 Å². The second-order valence-electron chi connectivity index (χ2n) is 3.91. The minimum Gasteiger partial charge on any atom is -0.445 e. The Balaban J connectivity index is 0.00000144. The van der Waals surface area contributed by atoms with Crippen LogP contribution < -0.4 is 61.7 Å². The zero-order chi connectivity index (χ0) is 11.8. The SMILES string of the molecule is O[C@@H]1CCN(c2ccc([B-](F)(F)F)cn2)C1.[K+]. The van der Waals surface area contributed by atoms with Crippen LogP contribution in [0.3, 0.4) is 0 Å². The predicted molar refractivity (Wildman–Crippen MR) is 55.8 cm³/mol. The summed E-state index contributed by atoms with van der Waals surface area (Å²) in [4.78, 5) is 5.55. The van der Waals surface area contributed by atoms with Gasteiger partial charge in [-0.05, 0) is 12.5 Å². The molecule has 0 aromatic carbocycles. The molecule has 0 amide bonds. The van der Waals surface area contributed by atoms with Crippen LogP contribution in [-0.4, -0.2) is 36.3 Å². The summed E-state index contributed by atoms with van der Waals surface area (Å²) in [7, 11) is 0. The number of rotatable bonds is 2. The van der Waals surface area contributed by atoms with Crippen LogP contribution in [0.1, 0.15) is 6.42 Å². The zero-order valence-corrected chi connectivity index (χ0v) is 12.6. The van der Waals surface area contributed by atoms with E-state index in [1.54, 1.807) is 4.90 Å². The van der Waals surface area contributed by atoms with Crippen molar-refractivity contribution in [3.8, 4) is 0 Å². The van der Waals surface area contributed by atoms with Gasteiger partial charge < -0.3 is 23.0 Å². The number of pyridine rings is 1. The van der Waals surface area contributed by atoms with Crippen molar-refractivity contribution >= 4 is 18.3 Å². The van der Waals surface area contributed by atoms with Crippen LogP contribution in [0.5, 0.6) is 0 Å². The van der Waals surface area contributed by atoms with Crippen molar-refractivity contribution in [2.45, 2.75) is 12.5 Å². The third-order valence-corrected chi connectivity index (χ3v) is 2.64. The summed E-state index contributed by atoms with van der Waals surface area (Å²) >= 11 is 0. The van der Waals surface area contributed by atoms with Crippen molar-refractivity contribution in [1.82, 2.24) is 4.98 Å². The van der Waals surface area contributed by atoms with Gasteiger partial charge in [0.15, 0.2) is 0 Å². The molecule has 1 N–H and O–H groups in total. The van der Waals surface area contributed by atoms with Crippen LogP contribution in [0, 0.1) is 0 Å². The van der Waals surface area contributed by atoms with Gasteiger partial charge in [0, 0.05) is 19.3 Å². The van der Waals surface area contributed by atoms with Gasteiger partial charge in [-0.3, -0.25) is 0 Å². The van der Waals surface area contributed by atoms with Gasteiger partial charge in [0.1, 0.15) is 5.82 Å².